The molecule has 1 saturated carbocycles. The minimum atomic E-state index is 0.197. The van der Waals surface area contributed by atoms with Gasteiger partial charge in [0, 0.05) is 6.42 Å². The summed E-state index contributed by atoms with van der Waals surface area (Å²) in [7, 11) is 1.98. The Kier molecular flexibility index (Phi) is 4.99. The summed E-state index contributed by atoms with van der Waals surface area (Å²) in [4.78, 5) is 0. The Morgan fingerprint density at radius 2 is 1.90 bits per heavy atom. The van der Waals surface area contributed by atoms with Crippen LogP contribution < -0.4 is 14.8 Å². The molecule has 2 aliphatic rings. The first kappa shape index (κ1) is 14.7. The zero-order valence-corrected chi connectivity index (χ0v) is 12.8. The molecular weight excluding hydrogens is 266 g/mol. The number of hydrogen-bond acceptors (Lipinski definition) is 4. The van der Waals surface area contributed by atoms with Crippen molar-refractivity contribution in [2.24, 2.45) is 0 Å². The van der Waals surface area contributed by atoms with Gasteiger partial charge in [0.2, 0.25) is 0 Å². The van der Waals surface area contributed by atoms with Crippen molar-refractivity contribution in [3.8, 4) is 11.5 Å². The summed E-state index contributed by atoms with van der Waals surface area (Å²) in [5, 5.41) is 3.34. The third kappa shape index (κ3) is 3.69. The molecule has 1 fully saturated rings. The summed E-state index contributed by atoms with van der Waals surface area (Å²) < 4.78 is 17.5. The van der Waals surface area contributed by atoms with E-state index in [4.69, 9.17) is 14.2 Å². The molecule has 1 N–H and O–H groups in total. The summed E-state index contributed by atoms with van der Waals surface area (Å²) in [6.45, 7) is 2.16. The van der Waals surface area contributed by atoms with Gasteiger partial charge in [-0.05, 0) is 37.6 Å². The van der Waals surface area contributed by atoms with Gasteiger partial charge in [0.1, 0.15) is 0 Å². The lowest BCUT2D eigenvalue weighted by atomic mass is 10.1. The molecule has 4 heteroatoms. The van der Waals surface area contributed by atoms with Crippen LogP contribution in [0.4, 0.5) is 0 Å². The van der Waals surface area contributed by atoms with Crippen molar-refractivity contribution in [3.63, 3.8) is 0 Å². The van der Waals surface area contributed by atoms with Gasteiger partial charge >= 0.3 is 0 Å². The van der Waals surface area contributed by atoms with Crippen molar-refractivity contribution >= 4 is 0 Å². The zero-order chi connectivity index (χ0) is 14.5. The molecule has 0 spiro atoms. The van der Waals surface area contributed by atoms with E-state index in [2.05, 4.69) is 17.4 Å². The number of likely N-dealkylation sites (N-methyl/N-ethyl adjacent to an activating group) is 1. The van der Waals surface area contributed by atoms with E-state index < -0.39 is 0 Å². The van der Waals surface area contributed by atoms with Crippen molar-refractivity contribution in [3.05, 3.63) is 23.8 Å². The maximum Gasteiger partial charge on any atom is 0.161 e. The van der Waals surface area contributed by atoms with E-state index in [9.17, 15) is 0 Å². The molecule has 0 bridgehead atoms. The quantitative estimate of drug-likeness (QED) is 0.905. The number of benzene rings is 1. The smallest absolute Gasteiger partial charge is 0.161 e. The highest BCUT2D eigenvalue weighted by Gasteiger charge is 2.19. The van der Waals surface area contributed by atoms with Crippen molar-refractivity contribution in [2.45, 2.75) is 44.2 Å². The molecule has 0 saturated heterocycles. The normalized spacial score (nSPS) is 20.2. The molecule has 21 heavy (non-hydrogen) atoms. The molecule has 1 atom stereocenters. The Balaban J connectivity index is 1.66. The van der Waals surface area contributed by atoms with Gasteiger partial charge in [0.15, 0.2) is 11.5 Å². The second-order valence-corrected chi connectivity index (χ2v) is 5.84. The predicted molar refractivity (Wildman–Crippen MR) is 82.1 cm³/mol. The van der Waals surface area contributed by atoms with Crippen molar-refractivity contribution in [1.82, 2.24) is 5.32 Å². The fraction of sp³-hybridized carbons (Fsp3) is 0.647. The lowest BCUT2D eigenvalue weighted by molar-refractivity contribution is 0.0438. The van der Waals surface area contributed by atoms with E-state index in [-0.39, 0.29) is 6.04 Å². The van der Waals surface area contributed by atoms with Gasteiger partial charge in [-0.25, -0.2) is 0 Å². The maximum absolute atomic E-state index is 6.04. The van der Waals surface area contributed by atoms with E-state index in [0.717, 1.165) is 31.1 Å². The zero-order valence-electron chi connectivity index (χ0n) is 12.8. The number of fused-ring (bicyclic) bond motifs is 1. The first-order valence-electron chi connectivity index (χ1n) is 8.05. The van der Waals surface area contributed by atoms with Crippen LogP contribution in [0.25, 0.3) is 0 Å². The van der Waals surface area contributed by atoms with Gasteiger partial charge < -0.3 is 19.5 Å². The highest BCUT2D eigenvalue weighted by Crippen LogP contribution is 2.32. The third-order valence-electron chi connectivity index (χ3n) is 4.32. The molecule has 1 unspecified atom stereocenters. The van der Waals surface area contributed by atoms with Gasteiger partial charge in [0.25, 0.3) is 0 Å². The highest BCUT2D eigenvalue weighted by atomic mass is 16.5. The van der Waals surface area contributed by atoms with Gasteiger partial charge in [-0.2, -0.15) is 0 Å². The average molecular weight is 291 g/mol. The first-order valence-corrected chi connectivity index (χ1v) is 8.05. The first-order chi connectivity index (χ1) is 10.4. The van der Waals surface area contributed by atoms with Crippen molar-refractivity contribution < 1.29 is 14.2 Å². The van der Waals surface area contributed by atoms with Crippen LogP contribution in [0.1, 0.15) is 43.7 Å². The summed E-state index contributed by atoms with van der Waals surface area (Å²) in [5.74, 6) is 1.70. The Bertz CT molecular complexity index is 457. The summed E-state index contributed by atoms with van der Waals surface area (Å²) in [5.41, 5.74) is 1.19. The van der Waals surface area contributed by atoms with Gasteiger partial charge in [-0.3, -0.25) is 0 Å². The molecule has 1 heterocycles. The van der Waals surface area contributed by atoms with E-state index in [1.807, 2.05) is 13.1 Å². The molecule has 1 aliphatic heterocycles. The minimum absolute atomic E-state index is 0.197. The van der Waals surface area contributed by atoms with Crippen LogP contribution in [0.3, 0.4) is 0 Å². The average Bonchev–Trinajstić information content (AvgIpc) is 2.92. The summed E-state index contributed by atoms with van der Waals surface area (Å²) in [6, 6.07) is 6.39. The van der Waals surface area contributed by atoms with Crippen LogP contribution in [-0.4, -0.2) is 33.0 Å². The Morgan fingerprint density at radius 1 is 1.14 bits per heavy atom. The van der Waals surface area contributed by atoms with Gasteiger partial charge in [0.05, 0.1) is 32.0 Å². The monoisotopic (exact) mass is 291 g/mol. The van der Waals surface area contributed by atoms with Crippen LogP contribution in [0.15, 0.2) is 18.2 Å². The minimum Gasteiger partial charge on any atom is -0.490 e. The van der Waals surface area contributed by atoms with E-state index in [1.54, 1.807) is 0 Å². The van der Waals surface area contributed by atoms with Crippen LogP contribution in [-0.2, 0) is 4.74 Å². The van der Waals surface area contributed by atoms with Crippen LogP contribution in [0, 0.1) is 0 Å². The molecular formula is C17H25NO3. The number of nitrogens with one attached hydrogen (secondary N) is 1. The lowest BCUT2D eigenvalue weighted by Gasteiger charge is -2.20. The predicted octanol–water partition coefficient (Wildman–Crippen LogP) is 3.07. The largest absolute Gasteiger partial charge is 0.490 e. The molecule has 4 nitrogen and oxygen atoms in total. The summed E-state index contributed by atoms with van der Waals surface area (Å²) >= 11 is 0. The van der Waals surface area contributed by atoms with Crippen molar-refractivity contribution in [2.75, 3.05) is 26.9 Å². The Morgan fingerprint density at radius 3 is 2.67 bits per heavy atom. The number of rotatable bonds is 5. The van der Waals surface area contributed by atoms with Gasteiger partial charge in [-0.1, -0.05) is 18.9 Å². The molecule has 1 aromatic carbocycles. The van der Waals surface area contributed by atoms with Crippen LogP contribution >= 0.6 is 0 Å². The molecule has 116 valence electrons. The third-order valence-corrected chi connectivity index (χ3v) is 4.32. The fourth-order valence-electron chi connectivity index (χ4n) is 3.03. The molecule has 0 radical (unpaired) electrons. The van der Waals surface area contributed by atoms with E-state index in [0.29, 0.717) is 12.7 Å². The maximum atomic E-state index is 6.04. The van der Waals surface area contributed by atoms with Crippen molar-refractivity contribution in [1.29, 1.82) is 0 Å². The standard InChI is InChI=1S/C17H25NO3/c1-18-15(12-21-14-5-2-3-6-14)13-7-8-16-17(11-13)20-10-4-9-19-16/h7-8,11,14-15,18H,2-6,9-10,12H2,1H3. The second kappa shape index (κ2) is 7.14. The topological polar surface area (TPSA) is 39.7 Å². The SMILES string of the molecule is CNC(COC1CCCC1)c1ccc2c(c1)OCCCO2. The van der Waals surface area contributed by atoms with E-state index in [1.165, 1.54) is 31.2 Å². The Hall–Kier alpha value is -1.26. The molecule has 3 rings (SSSR count). The lowest BCUT2D eigenvalue weighted by Crippen LogP contribution is -2.24. The van der Waals surface area contributed by atoms with E-state index >= 15 is 0 Å². The molecule has 0 aromatic heterocycles. The molecule has 1 aliphatic carbocycles. The molecule has 1 aromatic rings. The summed E-state index contributed by atoms with van der Waals surface area (Å²) in [6.07, 6.45) is 6.40. The van der Waals surface area contributed by atoms with Gasteiger partial charge in [-0.15, -0.1) is 0 Å². The molecule has 0 amide bonds. The second-order valence-electron chi connectivity index (χ2n) is 5.84. The fourth-order valence-corrected chi connectivity index (χ4v) is 3.03. The number of hydrogen-bond donors (Lipinski definition) is 1. The van der Waals surface area contributed by atoms with Crippen LogP contribution in [0.5, 0.6) is 11.5 Å². The Labute approximate surface area is 126 Å². The van der Waals surface area contributed by atoms with Crippen LogP contribution in [0.2, 0.25) is 0 Å². The number of ether oxygens (including phenoxy) is 3. The highest BCUT2D eigenvalue weighted by molar-refractivity contribution is 5.44.